The summed E-state index contributed by atoms with van der Waals surface area (Å²) in [5.41, 5.74) is -1.14. The Bertz CT molecular complexity index is 289. The van der Waals surface area contributed by atoms with Crippen molar-refractivity contribution >= 4 is 11.9 Å². The molecule has 0 aromatic heterocycles. The molecule has 0 bridgehead atoms. The zero-order valence-corrected chi connectivity index (χ0v) is 14.5. The fourth-order valence-electron chi connectivity index (χ4n) is 1.96. The largest absolute Gasteiger partial charge is 0.465 e. The topological polar surface area (TPSA) is 52.6 Å². The molecule has 0 aromatic rings. The summed E-state index contributed by atoms with van der Waals surface area (Å²) in [5, 5.41) is 0. The average Bonchev–Trinajstić information content (AvgIpc) is 2.39. The van der Waals surface area contributed by atoms with E-state index in [9.17, 15) is 9.59 Å². The van der Waals surface area contributed by atoms with Crippen molar-refractivity contribution in [3.8, 4) is 0 Å². The van der Waals surface area contributed by atoms with Crippen LogP contribution in [0.5, 0.6) is 0 Å². The van der Waals surface area contributed by atoms with E-state index >= 15 is 0 Å². The highest BCUT2D eigenvalue weighted by Gasteiger charge is 2.45. The molecule has 0 aliphatic carbocycles. The highest BCUT2D eigenvalue weighted by atomic mass is 16.6. The molecule has 0 spiro atoms. The number of ether oxygens (including phenoxy) is 2. The SMILES string of the molecule is CCC(CC)(C(=O)OCCC(C)C)C(=O)OCCC(C)C. The minimum atomic E-state index is -1.14. The summed E-state index contributed by atoms with van der Waals surface area (Å²) in [4.78, 5) is 24.6. The van der Waals surface area contributed by atoms with Crippen LogP contribution >= 0.6 is 0 Å². The van der Waals surface area contributed by atoms with Crippen molar-refractivity contribution in [2.75, 3.05) is 13.2 Å². The van der Waals surface area contributed by atoms with Gasteiger partial charge in [-0.15, -0.1) is 0 Å². The quantitative estimate of drug-likeness (QED) is 0.452. The van der Waals surface area contributed by atoms with E-state index in [1.54, 1.807) is 0 Å². The molecule has 0 atom stereocenters. The average molecular weight is 300 g/mol. The molecule has 0 fully saturated rings. The number of esters is 2. The molecule has 0 saturated heterocycles. The second-order valence-corrected chi connectivity index (χ2v) is 6.43. The maximum atomic E-state index is 12.3. The summed E-state index contributed by atoms with van der Waals surface area (Å²) in [6, 6.07) is 0. The van der Waals surface area contributed by atoms with Crippen molar-refractivity contribution in [1.82, 2.24) is 0 Å². The number of carbonyl (C=O) groups excluding carboxylic acids is 2. The number of carbonyl (C=O) groups is 2. The minimum Gasteiger partial charge on any atom is -0.465 e. The van der Waals surface area contributed by atoms with E-state index in [0.29, 0.717) is 37.9 Å². The molecular formula is C17H32O4. The van der Waals surface area contributed by atoms with Crippen molar-refractivity contribution in [2.24, 2.45) is 17.3 Å². The molecule has 0 unspecified atom stereocenters. The normalized spacial score (nSPS) is 11.8. The first kappa shape index (κ1) is 19.9. The Labute approximate surface area is 129 Å². The molecule has 4 nitrogen and oxygen atoms in total. The molecule has 124 valence electrons. The summed E-state index contributed by atoms with van der Waals surface area (Å²) in [5.74, 6) is 0.0484. The van der Waals surface area contributed by atoms with Crippen molar-refractivity contribution in [2.45, 2.75) is 67.2 Å². The molecule has 0 heterocycles. The molecule has 0 aromatic carbocycles. The van der Waals surface area contributed by atoms with Crippen LogP contribution in [-0.2, 0) is 19.1 Å². The third-order valence-corrected chi connectivity index (χ3v) is 3.85. The van der Waals surface area contributed by atoms with Gasteiger partial charge in [0, 0.05) is 0 Å². The Balaban J connectivity index is 4.65. The van der Waals surface area contributed by atoms with Gasteiger partial charge >= 0.3 is 11.9 Å². The zero-order valence-electron chi connectivity index (χ0n) is 14.5. The lowest BCUT2D eigenvalue weighted by Gasteiger charge is -2.27. The smallest absolute Gasteiger partial charge is 0.323 e. The van der Waals surface area contributed by atoms with Crippen LogP contribution in [0.4, 0.5) is 0 Å². The molecule has 0 N–H and O–H groups in total. The minimum absolute atomic E-state index is 0.359. The predicted octanol–water partition coefficient (Wildman–Crippen LogP) is 3.97. The Kier molecular flexibility index (Phi) is 9.31. The van der Waals surface area contributed by atoms with Gasteiger partial charge in [0.25, 0.3) is 0 Å². The van der Waals surface area contributed by atoms with E-state index < -0.39 is 17.4 Å². The van der Waals surface area contributed by atoms with E-state index in [1.807, 2.05) is 13.8 Å². The van der Waals surface area contributed by atoms with Crippen molar-refractivity contribution in [3.05, 3.63) is 0 Å². The summed E-state index contributed by atoms with van der Waals surface area (Å²) >= 11 is 0. The van der Waals surface area contributed by atoms with Crippen LogP contribution in [0.3, 0.4) is 0 Å². The van der Waals surface area contributed by atoms with Gasteiger partial charge in [0.2, 0.25) is 0 Å². The maximum absolute atomic E-state index is 12.3. The fraction of sp³-hybridized carbons (Fsp3) is 0.882. The molecule has 21 heavy (non-hydrogen) atoms. The lowest BCUT2D eigenvalue weighted by molar-refractivity contribution is -0.173. The first-order valence-corrected chi connectivity index (χ1v) is 8.14. The third-order valence-electron chi connectivity index (χ3n) is 3.85. The van der Waals surface area contributed by atoms with Crippen molar-refractivity contribution in [1.29, 1.82) is 0 Å². The summed E-state index contributed by atoms with van der Waals surface area (Å²) < 4.78 is 10.6. The molecule has 0 rings (SSSR count). The van der Waals surface area contributed by atoms with Crippen LogP contribution in [0.15, 0.2) is 0 Å². The second-order valence-electron chi connectivity index (χ2n) is 6.43. The summed E-state index contributed by atoms with van der Waals surface area (Å²) in [7, 11) is 0. The summed E-state index contributed by atoms with van der Waals surface area (Å²) in [6.07, 6.45) is 2.42. The van der Waals surface area contributed by atoms with Crippen LogP contribution in [0, 0.1) is 17.3 Å². The third kappa shape index (κ3) is 6.49. The molecule has 0 aliphatic rings. The van der Waals surface area contributed by atoms with Gasteiger partial charge in [0.15, 0.2) is 5.41 Å². The first-order valence-electron chi connectivity index (χ1n) is 8.14. The highest BCUT2D eigenvalue weighted by molar-refractivity contribution is 5.99. The zero-order chi connectivity index (χ0) is 16.5. The van der Waals surface area contributed by atoms with Crippen molar-refractivity contribution < 1.29 is 19.1 Å². The lowest BCUT2D eigenvalue weighted by atomic mass is 9.82. The Morgan fingerprint density at radius 3 is 1.38 bits per heavy atom. The Morgan fingerprint density at radius 2 is 1.14 bits per heavy atom. The van der Waals surface area contributed by atoms with Gasteiger partial charge < -0.3 is 9.47 Å². The number of rotatable bonds is 10. The van der Waals surface area contributed by atoms with Crippen LogP contribution in [-0.4, -0.2) is 25.2 Å². The van der Waals surface area contributed by atoms with Gasteiger partial charge in [-0.2, -0.15) is 0 Å². The molecular weight excluding hydrogens is 268 g/mol. The van der Waals surface area contributed by atoms with Crippen LogP contribution in [0.25, 0.3) is 0 Å². The van der Waals surface area contributed by atoms with Gasteiger partial charge in [-0.3, -0.25) is 9.59 Å². The summed E-state index contributed by atoms with van der Waals surface area (Å²) in [6.45, 7) is 12.7. The van der Waals surface area contributed by atoms with Gasteiger partial charge in [-0.05, 0) is 37.5 Å². The Morgan fingerprint density at radius 1 is 0.810 bits per heavy atom. The van der Waals surface area contributed by atoms with E-state index in [2.05, 4.69) is 27.7 Å². The lowest BCUT2D eigenvalue weighted by Crippen LogP contribution is -2.41. The van der Waals surface area contributed by atoms with Crippen LogP contribution in [0.1, 0.15) is 67.2 Å². The van der Waals surface area contributed by atoms with E-state index in [0.717, 1.165) is 12.8 Å². The molecule has 0 saturated carbocycles. The fourth-order valence-corrected chi connectivity index (χ4v) is 1.96. The van der Waals surface area contributed by atoms with Gasteiger partial charge in [0.1, 0.15) is 0 Å². The van der Waals surface area contributed by atoms with Crippen molar-refractivity contribution in [3.63, 3.8) is 0 Å². The number of hydrogen-bond donors (Lipinski definition) is 0. The molecule has 0 aliphatic heterocycles. The van der Waals surface area contributed by atoms with Crippen LogP contribution in [0.2, 0.25) is 0 Å². The number of hydrogen-bond acceptors (Lipinski definition) is 4. The molecule has 0 radical (unpaired) electrons. The van der Waals surface area contributed by atoms with Gasteiger partial charge in [-0.1, -0.05) is 41.5 Å². The van der Waals surface area contributed by atoms with E-state index in [4.69, 9.17) is 9.47 Å². The molecule has 0 amide bonds. The first-order chi connectivity index (χ1) is 9.80. The molecule has 4 heteroatoms. The second kappa shape index (κ2) is 9.80. The van der Waals surface area contributed by atoms with E-state index in [-0.39, 0.29) is 0 Å². The monoisotopic (exact) mass is 300 g/mol. The van der Waals surface area contributed by atoms with Crippen LogP contribution < -0.4 is 0 Å². The Hall–Kier alpha value is -1.06. The predicted molar refractivity (Wildman–Crippen MR) is 83.8 cm³/mol. The van der Waals surface area contributed by atoms with Gasteiger partial charge in [0.05, 0.1) is 13.2 Å². The van der Waals surface area contributed by atoms with E-state index in [1.165, 1.54) is 0 Å². The van der Waals surface area contributed by atoms with Gasteiger partial charge in [-0.25, -0.2) is 0 Å². The highest BCUT2D eigenvalue weighted by Crippen LogP contribution is 2.30. The maximum Gasteiger partial charge on any atom is 0.323 e. The standard InChI is InChI=1S/C17H32O4/c1-7-17(8-2,15(18)20-11-9-13(3)4)16(19)21-12-10-14(5)6/h13-14H,7-12H2,1-6H3.